The molecule has 0 atom stereocenters. The number of halogens is 2. The lowest BCUT2D eigenvalue weighted by Gasteiger charge is -2.16. The predicted octanol–water partition coefficient (Wildman–Crippen LogP) is 7.99. The van der Waals surface area contributed by atoms with E-state index in [1.807, 2.05) is 37.5 Å². The van der Waals surface area contributed by atoms with Gasteiger partial charge in [-0.2, -0.15) is 5.10 Å². The van der Waals surface area contributed by atoms with Crippen LogP contribution < -0.4 is 27.0 Å². The first-order chi connectivity index (χ1) is 34.0. The molecule has 0 bridgehead atoms. The van der Waals surface area contributed by atoms with Crippen molar-refractivity contribution in [2.24, 2.45) is 0 Å². The summed E-state index contributed by atoms with van der Waals surface area (Å²) in [5, 5.41) is 37.1. The van der Waals surface area contributed by atoms with Crippen LogP contribution in [-0.2, 0) is 40.2 Å². The summed E-state index contributed by atoms with van der Waals surface area (Å²) < 4.78 is 1.78. The van der Waals surface area contributed by atoms with Gasteiger partial charge in [0.05, 0.1) is 27.8 Å². The van der Waals surface area contributed by atoms with E-state index < -0.39 is 0 Å². The van der Waals surface area contributed by atoms with Gasteiger partial charge in [0.2, 0.25) is 12.3 Å². The first kappa shape index (κ1) is 54.6. The standard InChI is InChI=1S/C30H41Cl2N5O4.C22H25N5O2/c31-24-20-23(28-22(13-19-39)25(11-14-33-21-40)35-30(28)29(24)32)26-12-16-37(36-26)17-15-34-27(41)10-8-6-4-2-1-3-5-7-9-18-38;1-3-17-18(13-27-21(23)20(17)14-4-7-16(28)8-5-14)15-6-9-19(26-12-15)22(29)25-11-10-24-2/h12,16,18,20-21,35,39H,1-11,13-15,17,19H2,(H,33,40)(H,34,41);4-9,12-13,24,28H,3,10-11H2,1-2H3,(H2,23,27)(H,25,29). The Bertz CT molecular complexity index is 2620. The normalized spacial score (nSPS) is 11.0. The number of likely N-dealkylation sites (N-methyl/N-ethyl adjacent to an activating group) is 1. The minimum absolute atomic E-state index is 0.0433. The van der Waals surface area contributed by atoms with Crippen molar-refractivity contribution < 1.29 is 29.4 Å². The number of nitrogens with one attached hydrogen (secondary N) is 5. The Hall–Kier alpha value is -6.33. The maximum absolute atomic E-state index is 12.3. The van der Waals surface area contributed by atoms with Crippen LogP contribution in [0.25, 0.3) is 44.4 Å². The van der Waals surface area contributed by atoms with E-state index in [9.17, 15) is 29.4 Å². The molecule has 0 fully saturated rings. The summed E-state index contributed by atoms with van der Waals surface area (Å²) in [5.74, 6) is 0.477. The molecule has 0 aliphatic rings. The van der Waals surface area contributed by atoms with Gasteiger partial charge in [-0.1, -0.05) is 86.8 Å². The molecule has 6 aromatic rings. The summed E-state index contributed by atoms with van der Waals surface area (Å²) in [5.41, 5.74) is 15.1. The average Bonchev–Trinajstić information content (AvgIpc) is 3.99. The Labute approximate surface area is 419 Å². The van der Waals surface area contributed by atoms with Gasteiger partial charge < -0.3 is 47.0 Å². The quantitative estimate of drug-likeness (QED) is 0.0173. The molecule has 2 aromatic carbocycles. The molecule has 3 amide bonds. The molecule has 0 aliphatic carbocycles. The molecule has 16 nitrogen and oxygen atoms in total. The number of aldehydes is 1. The van der Waals surface area contributed by atoms with Crippen LogP contribution in [0.15, 0.2) is 67.1 Å². The van der Waals surface area contributed by atoms with E-state index in [1.165, 1.54) is 19.3 Å². The number of nitrogens with two attached hydrogens (primary N) is 1. The number of phenolic OH excluding ortho intramolecular Hbond substituents is 1. The minimum atomic E-state index is -0.206. The number of H-pyrrole nitrogens is 1. The summed E-state index contributed by atoms with van der Waals surface area (Å²) >= 11 is 13.0. The fourth-order valence-electron chi connectivity index (χ4n) is 8.31. The van der Waals surface area contributed by atoms with Crippen LogP contribution in [0.5, 0.6) is 5.75 Å². The molecule has 4 heterocycles. The number of aromatic amines is 1. The maximum Gasteiger partial charge on any atom is 0.269 e. The minimum Gasteiger partial charge on any atom is -0.508 e. The highest BCUT2D eigenvalue weighted by molar-refractivity contribution is 6.45. The number of aliphatic hydroxyl groups excluding tert-OH is 1. The van der Waals surface area contributed by atoms with Crippen molar-refractivity contribution in [2.45, 2.75) is 96.9 Å². The number of carbonyl (C=O) groups is 4. The number of benzene rings is 2. The number of aliphatic hydroxyl groups is 1. The largest absolute Gasteiger partial charge is 0.508 e. The first-order valence-electron chi connectivity index (χ1n) is 24.0. The van der Waals surface area contributed by atoms with E-state index in [-0.39, 0.29) is 24.2 Å². The van der Waals surface area contributed by atoms with Crippen LogP contribution in [0.3, 0.4) is 0 Å². The molecule has 0 saturated carbocycles. The molecular formula is C52H66Cl2N10O6. The van der Waals surface area contributed by atoms with Crippen molar-refractivity contribution in [2.75, 3.05) is 45.6 Å². The summed E-state index contributed by atoms with van der Waals surface area (Å²) in [4.78, 5) is 57.5. The van der Waals surface area contributed by atoms with E-state index in [2.05, 4.69) is 43.1 Å². The molecule has 70 heavy (non-hydrogen) atoms. The number of nitrogen functional groups attached to an aromatic ring is 1. The van der Waals surface area contributed by atoms with Gasteiger partial charge in [-0.05, 0) is 79.8 Å². The Kier molecular flexibility index (Phi) is 22.6. The van der Waals surface area contributed by atoms with Crippen molar-refractivity contribution in [3.8, 4) is 39.3 Å². The maximum atomic E-state index is 12.3. The SMILES string of the molecule is CCc1c(-c2ccc(C(=O)NCCNC)nc2)cnc(N)c1-c1ccc(O)cc1.O=CCCCCCCCCCCC(=O)NCCn1ccc(-c2cc(Cl)c(Cl)c3[nH]c(CCNC=O)c(CCO)c23)n1. The Morgan fingerprint density at radius 3 is 2.23 bits per heavy atom. The highest BCUT2D eigenvalue weighted by Gasteiger charge is 2.22. The lowest BCUT2D eigenvalue weighted by Crippen LogP contribution is -2.30. The van der Waals surface area contributed by atoms with Crippen LogP contribution in [0.1, 0.15) is 98.4 Å². The second kappa shape index (κ2) is 29.0. The second-order valence-electron chi connectivity index (χ2n) is 16.8. The fraction of sp³-hybridized carbons (Fsp3) is 0.404. The van der Waals surface area contributed by atoms with Gasteiger partial charge in [0.1, 0.15) is 23.5 Å². The number of pyridine rings is 2. The predicted molar refractivity (Wildman–Crippen MR) is 278 cm³/mol. The number of aromatic nitrogens is 5. The molecule has 4 aromatic heterocycles. The number of rotatable bonds is 28. The molecule has 0 radical (unpaired) electrons. The number of amides is 3. The summed E-state index contributed by atoms with van der Waals surface area (Å²) in [6, 6.07) is 14.2. The smallest absolute Gasteiger partial charge is 0.269 e. The second-order valence-corrected chi connectivity index (χ2v) is 17.6. The molecule has 0 unspecified atom stereocenters. The van der Waals surface area contributed by atoms with Crippen molar-refractivity contribution in [3.63, 3.8) is 0 Å². The topological polar surface area (TPSA) is 242 Å². The lowest BCUT2D eigenvalue weighted by atomic mass is 9.92. The molecule has 0 saturated heterocycles. The van der Waals surface area contributed by atoms with Crippen LogP contribution in [0.2, 0.25) is 10.0 Å². The average molecular weight is 998 g/mol. The number of unbranched alkanes of at least 4 members (excludes halogenated alkanes) is 8. The number of carbonyl (C=O) groups excluding carboxylic acids is 4. The van der Waals surface area contributed by atoms with E-state index in [0.717, 1.165) is 94.8 Å². The number of aromatic hydroxyl groups is 1. The molecule has 18 heteroatoms. The summed E-state index contributed by atoms with van der Waals surface area (Å²) in [6.07, 6.45) is 18.6. The Morgan fingerprint density at radius 2 is 1.56 bits per heavy atom. The van der Waals surface area contributed by atoms with Gasteiger partial charge >= 0.3 is 0 Å². The molecule has 6 rings (SSSR count). The van der Waals surface area contributed by atoms with Gasteiger partial charge in [0, 0.05) is 104 Å². The highest BCUT2D eigenvalue weighted by Crippen LogP contribution is 2.41. The number of fused-ring (bicyclic) bond motifs is 1. The number of anilines is 1. The zero-order chi connectivity index (χ0) is 50.3. The summed E-state index contributed by atoms with van der Waals surface area (Å²) in [6.45, 7) is 4.69. The van der Waals surface area contributed by atoms with Gasteiger partial charge in [0.15, 0.2) is 0 Å². The van der Waals surface area contributed by atoms with E-state index >= 15 is 0 Å². The van der Waals surface area contributed by atoms with Gasteiger partial charge in [0.25, 0.3) is 5.91 Å². The molecular weight excluding hydrogens is 932 g/mol. The van der Waals surface area contributed by atoms with Crippen molar-refractivity contribution in [3.05, 3.63) is 99.7 Å². The molecule has 374 valence electrons. The number of phenols is 1. The monoisotopic (exact) mass is 996 g/mol. The summed E-state index contributed by atoms with van der Waals surface area (Å²) in [7, 11) is 1.83. The van der Waals surface area contributed by atoms with E-state index in [0.29, 0.717) is 97.6 Å². The van der Waals surface area contributed by atoms with Crippen molar-refractivity contribution in [1.29, 1.82) is 0 Å². The Morgan fingerprint density at radius 1 is 0.829 bits per heavy atom. The van der Waals surface area contributed by atoms with Crippen LogP contribution in [-0.4, -0.2) is 99.3 Å². The first-order valence-corrected chi connectivity index (χ1v) is 24.8. The molecule has 0 aliphatic heterocycles. The third-order valence-corrected chi connectivity index (χ3v) is 12.7. The van der Waals surface area contributed by atoms with Gasteiger partial charge in [-0.15, -0.1) is 0 Å². The number of hydrogen-bond acceptors (Lipinski definition) is 11. The van der Waals surface area contributed by atoms with Crippen molar-refractivity contribution >= 4 is 64.4 Å². The van der Waals surface area contributed by atoms with Gasteiger partial charge in [-0.25, -0.2) is 4.98 Å². The lowest BCUT2D eigenvalue weighted by molar-refractivity contribution is -0.121. The zero-order valence-corrected chi connectivity index (χ0v) is 41.6. The highest BCUT2D eigenvalue weighted by atomic mass is 35.5. The van der Waals surface area contributed by atoms with Crippen LogP contribution in [0, 0.1) is 0 Å². The van der Waals surface area contributed by atoms with E-state index in [1.54, 1.807) is 41.3 Å². The third kappa shape index (κ3) is 15.6. The zero-order valence-electron chi connectivity index (χ0n) is 40.1. The third-order valence-electron chi connectivity index (χ3n) is 11.9. The Balaban J connectivity index is 0.000000276. The van der Waals surface area contributed by atoms with Crippen LogP contribution in [0.4, 0.5) is 5.82 Å². The molecule has 9 N–H and O–H groups in total. The van der Waals surface area contributed by atoms with Crippen molar-refractivity contribution in [1.82, 2.24) is 46.0 Å². The van der Waals surface area contributed by atoms with Crippen LogP contribution >= 0.6 is 23.2 Å². The molecule has 0 spiro atoms. The number of nitrogens with zero attached hydrogens (tertiary/aromatic N) is 4. The fourth-order valence-corrected chi connectivity index (χ4v) is 8.71. The number of hydrogen-bond donors (Lipinski definition) is 8. The van der Waals surface area contributed by atoms with E-state index in [4.69, 9.17) is 34.0 Å². The van der Waals surface area contributed by atoms with Gasteiger partial charge in [-0.3, -0.25) is 24.0 Å².